The maximum absolute atomic E-state index is 10.8. The molecule has 2 aromatic heterocycles. The Hall–Kier alpha value is -5.57. The van der Waals surface area contributed by atoms with Gasteiger partial charge >= 0.3 is 5.97 Å². The molecule has 6 aromatic rings. The van der Waals surface area contributed by atoms with Crippen LogP contribution in [0.3, 0.4) is 0 Å². The Morgan fingerprint density at radius 2 is 1.57 bits per heavy atom. The average molecular weight is 563 g/mol. The highest BCUT2D eigenvalue weighted by Gasteiger charge is 2.19. The number of carbonyl (C=O) groups is 1. The quantitative estimate of drug-likeness (QED) is 0.185. The first-order chi connectivity index (χ1) is 20.5. The van der Waals surface area contributed by atoms with Crippen molar-refractivity contribution in [2.24, 2.45) is 0 Å². The van der Waals surface area contributed by atoms with E-state index in [-0.39, 0.29) is 6.61 Å². The molecule has 4 aromatic carbocycles. The van der Waals surface area contributed by atoms with E-state index in [1.807, 2.05) is 79.7 Å². The van der Waals surface area contributed by atoms with Crippen LogP contribution in [0.15, 0.2) is 99.8 Å². The van der Waals surface area contributed by atoms with Gasteiger partial charge in [-0.3, -0.25) is 0 Å². The van der Waals surface area contributed by atoms with Crippen molar-refractivity contribution in [3.8, 4) is 51.3 Å². The molecular weight excluding hydrogens is 536 g/mol. The van der Waals surface area contributed by atoms with Crippen LogP contribution in [0.25, 0.3) is 45.1 Å². The van der Waals surface area contributed by atoms with Crippen molar-refractivity contribution in [1.29, 1.82) is 0 Å². The minimum atomic E-state index is -1.04. The Balaban J connectivity index is 1.31. The van der Waals surface area contributed by atoms with E-state index in [0.29, 0.717) is 45.8 Å². The largest absolute Gasteiger partial charge is 0.497 e. The minimum Gasteiger partial charge on any atom is -0.497 e. The first kappa shape index (κ1) is 26.6. The third kappa shape index (κ3) is 5.66. The highest BCUT2D eigenvalue weighted by molar-refractivity contribution is 5.85. The van der Waals surface area contributed by atoms with Crippen LogP contribution in [0.5, 0.6) is 17.2 Å². The molecule has 0 saturated carbocycles. The van der Waals surface area contributed by atoms with Crippen molar-refractivity contribution in [3.05, 3.63) is 102 Å². The van der Waals surface area contributed by atoms with Gasteiger partial charge < -0.3 is 28.2 Å². The second kappa shape index (κ2) is 11.5. The van der Waals surface area contributed by atoms with Crippen molar-refractivity contribution in [3.63, 3.8) is 0 Å². The molecule has 0 atom stereocenters. The molecule has 0 aliphatic rings. The van der Waals surface area contributed by atoms with E-state index >= 15 is 0 Å². The number of oxazole rings is 2. The van der Waals surface area contributed by atoms with E-state index in [9.17, 15) is 4.79 Å². The lowest BCUT2D eigenvalue weighted by molar-refractivity contribution is -0.139. The maximum atomic E-state index is 10.8. The molecule has 0 bridgehead atoms. The fourth-order valence-corrected chi connectivity index (χ4v) is 4.50. The second-order valence-corrected chi connectivity index (χ2v) is 9.48. The van der Waals surface area contributed by atoms with Crippen LogP contribution in [0.2, 0.25) is 0 Å². The van der Waals surface area contributed by atoms with Gasteiger partial charge in [-0.15, -0.1) is 0 Å². The SMILES string of the molecule is COc1ccc(-c2nc(COc3ccc(OCC(=O)O)c(C)c3)oc2-c2ccc3oc(-c4ccccc4)nc3c2)cc1. The predicted molar refractivity (Wildman–Crippen MR) is 156 cm³/mol. The Bertz CT molecular complexity index is 1860. The summed E-state index contributed by atoms with van der Waals surface area (Å²) in [6, 6.07) is 28.2. The van der Waals surface area contributed by atoms with Crippen molar-refractivity contribution >= 4 is 17.1 Å². The molecule has 0 fully saturated rings. The van der Waals surface area contributed by atoms with Gasteiger partial charge in [0.1, 0.15) is 28.5 Å². The van der Waals surface area contributed by atoms with Crippen LogP contribution in [0.1, 0.15) is 11.5 Å². The fraction of sp³-hybridized carbons (Fsp3) is 0.121. The monoisotopic (exact) mass is 562 g/mol. The first-order valence-corrected chi connectivity index (χ1v) is 13.2. The van der Waals surface area contributed by atoms with Crippen LogP contribution in [-0.2, 0) is 11.4 Å². The van der Waals surface area contributed by atoms with Gasteiger partial charge in [-0.2, -0.15) is 0 Å². The molecule has 0 saturated heterocycles. The molecule has 6 rings (SSSR count). The van der Waals surface area contributed by atoms with Gasteiger partial charge in [0, 0.05) is 16.7 Å². The number of aryl methyl sites for hydroxylation is 1. The van der Waals surface area contributed by atoms with Crippen molar-refractivity contribution in [1.82, 2.24) is 9.97 Å². The lowest BCUT2D eigenvalue weighted by Crippen LogP contribution is -2.10. The molecule has 1 N–H and O–H groups in total. The molecule has 42 heavy (non-hydrogen) atoms. The van der Waals surface area contributed by atoms with Gasteiger partial charge in [-0.25, -0.2) is 14.8 Å². The number of carboxylic acids is 1. The number of nitrogens with zero attached hydrogens (tertiary/aromatic N) is 2. The maximum Gasteiger partial charge on any atom is 0.341 e. The average Bonchev–Trinajstić information content (AvgIpc) is 3.64. The number of hydrogen-bond donors (Lipinski definition) is 1. The van der Waals surface area contributed by atoms with Crippen molar-refractivity contribution in [2.45, 2.75) is 13.5 Å². The summed E-state index contributed by atoms with van der Waals surface area (Å²) in [5, 5.41) is 8.86. The molecular formula is C33H26N2O7. The minimum absolute atomic E-state index is 0.0717. The number of carboxylic acid groups (broad SMARTS) is 1. The molecule has 0 aliphatic heterocycles. The number of aliphatic carboxylic acids is 1. The molecule has 210 valence electrons. The topological polar surface area (TPSA) is 117 Å². The summed E-state index contributed by atoms with van der Waals surface area (Å²) >= 11 is 0. The Labute approximate surface area is 240 Å². The molecule has 0 spiro atoms. The third-order valence-corrected chi connectivity index (χ3v) is 6.57. The fourth-order valence-electron chi connectivity index (χ4n) is 4.50. The highest BCUT2D eigenvalue weighted by Crippen LogP contribution is 2.36. The van der Waals surface area contributed by atoms with E-state index in [2.05, 4.69) is 0 Å². The smallest absolute Gasteiger partial charge is 0.341 e. The summed E-state index contributed by atoms with van der Waals surface area (Å²) in [6.07, 6.45) is 0. The van der Waals surface area contributed by atoms with Crippen LogP contribution in [0, 0.1) is 6.92 Å². The number of aromatic nitrogens is 2. The van der Waals surface area contributed by atoms with E-state index in [4.69, 9.17) is 38.1 Å². The van der Waals surface area contributed by atoms with E-state index in [1.165, 1.54) is 0 Å². The van der Waals surface area contributed by atoms with Gasteiger partial charge in [-0.05, 0) is 85.3 Å². The summed E-state index contributed by atoms with van der Waals surface area (Å²) in [4.78, 5) is 20.3. The van der Waals surface area contributed by atoms with Gasteiger partial charge in [-0.1, -0.05) is 18.2 Å². The Morgan fingerprint density at radius 1 is 0.810 bits per heavy atom. The van der Waals surface area contributed by atoms with Gasteiger partial charge in [0.15, 0.2) is 24.6 Å². The molecule has 0 unspecified atom stereocenters. The lowest BCUT2D eigenvalue weighted by atomic mass is 10.1. The molecule has 0 aliphatic carbocycles. The van der Waals surface area contributed by atoms with E-state index in [0.717, 1.165) is 28.0 Å². The lowest BCUT2D eigenvalue weighted by Gasteiger charge is -2.09. The van der Waals surface area contributed by atoms with Crippen molar-refractivity contribution < 1.29 is 32.9 Å². The van der Waals surface area contributed by atoms with Gasteiger partial charge in [0.25, 0.3) is 0 Å². The summed E-state index contributed by atoms with van der Waals surface area (Å²) in [5.41, 5.74) is 5.29. The Morgan fingerprint density at radius 3 is 2.31 bits per heavy atom. The standard InChI is InChI=1S/C33H26N2O7/c1-20-16-25(13-15-27(20)40-19-30(36)37)39-18-29-35-31(21-8-11-24(38-2)12-9-21)32(42-29)23-10-14-28-26(17-23)34-33(41-28)22-6-4-3-5-7-22/h3-17H,18-19H2,1-2H3,(H,36,37). The molecule has 0 amide bonds. The summed E-state index contributed by atoms with van der Waals surface area (Å²) < 4.78 is 28.9. The van der Waals surface area contributed by atoms with Crippen LogP contribution in [0.4, 0.5) is 0 Å². The zero-order valence-electron chi connectivity index (χ0n) is 22.9. The van der Waals surface area contributed by atoms with Gasteiger partial charge in [0.05, 0.1) is 7.11 Å². The second-order valence-electron chi connectivity index (χ2n) is 9.48. The van der Waals surface area contributed by atoms with Crippen LogP contribution >= 0.6 is 0 Å². The van der Waals surface area contributed by atoms with Gasteiger partial charge in [0.2, 0.25) is 11.8 Å². The molecule has 2 heterocycles. The summed E-state index contributed by atoms with van der Waals surface area (Å²) in [5.74, 6) is 2.22. The van der Waals surface area contributed by atoms with Crippen LogP contribution in [-0.4, -0.2) is 34.8 Å². The highest BCUT2D eigenvalue weighted by atomic mass is 16.5. The first-order valence-electron chi connectivity index (χ1n) is 13.2. The summed E-state index contributed by atoms with van der Waals surface area (Å²) in [7, 11) is 1.62. The Kier molecular flexibility index (Phi) is 7.30. The zero-order chi connectivity index (χ0) is 29.1. The number of rotatable bonds is 10. The van der Waals surface area contributed by atoms with Crippen molar-refractivity contribution in [2.75, 3.05) is 13.7 Å². The third-order valence-electron chi connectivity index (χ3n) is 6.57. The normalized spacial score (nSPS) is 11.0. The van der Waals surface area contributed by atoms with E-state index in [1.54, 1.807) is 25.3 Å². The summed E-state index contributed by atoms with van der Waals surface area (Å²) in [6.45, 7) is 1.47. The molecule has 9 nitrogen and oxygen atoms in total. The molecule has 9 heteroatoms. The van der Waals surface area contributed by atoms with Crippen LogP contribution < -0.4 is 14.2 Å². The number of benzene rings is 4. The zero-order valence-corrected chi connectivity index (χ0v) is 22.9. The van der Waals surface area contributed by atoms with E-state index < -0.39 is 12.6 Å². The number of ether oxygens (including phenoxy) is 3. The number of hydrogen-bond acceptors (Lipinski definition) is 8. The molecule has 0 radical (unpaired) electrons. The number of fused-ring (bicyclic) bond motifs is 1. The number of methoxy groups -OCH3 is 1. The predicted octanol–water partition coefficient (Wildman–Crippen LogP) is 7.18.